The first-order valence-electron chi connectivity index (χ1n) is 5.20. The zero-order chi connectivity index (χ0) is 11.4. The Bertz CT molecular complexity index is 376. The summed E-state index contributed by atoms with van der Waals surface area (Å²) in [7, 11) is 1.79. The van der Waals surface area contributed by atoms with E-state index in [1.807, 2.05) is 13.8 Å². The highest BCUT2D eigenvalue weighted by Gasteiger charge is 2.16. The molecule has 0 aliphatic rings. The minimum atomic E-state index is 0.122. The van der Waals surface area contributed by atoms with Crippen LogP contribution >= 0.6 is 0 Å². The van der Waals surface area contributed by atoms with Crippen molar-refractivity contribution in [2.75, 3.05) is 0 Å². The monoisotopic (exact) mass is 207 g/mol. The molecule has 4 nitrogen and oxygen atoms in total. The number of ether oxygens (including phenoxy) is 1. The van der Waals surface area contributed by atoms with Crippen molar-refractivity contribution in [3.63, 3.8) is 0 Å². The van der Waals surface area contributed by atoms with Gasteiger partial charge in [-0.2, -0.15) is 10.4 Å². The highest BCUT2D eigenvalue weighted by Crippen LogP contribution is 2.21. The number of hydrogen-bond donors (Lipinski definition) is 0. The molecule has 1 rings (SSSR count). The van der Waals surface area contributed by atoms with E-state index in [-0.39, 0.29) is 6.10 Å². The summed E-state index contributed by atoms with van der Waals surface area (Å²) in [6.45, 7) is 5.93. The molecule has 0 saturated carbocycles. The van der Waals surface area contributed by atoms with Gasteiger partial charge in [-0.15, -0.1) is 0 Å². The second-order valence-corrected chi connectivity index (χ2v) is 3.72. The smallest absolute Gasteiger partial charge is 0.230 e. The van der Waals surface area contributed by atoms with E-state index < -0.39 is 0 Å². The number of aromatic nitrogens is 2. The predicted octanol–water partition coefficient (Wildman–Crippen LogP) is 2.17. The lowest BCUT2D eigenvalue weighted by Crippen LogP contribution is -2.14. The molecule has 0 aliphatic heterocycles. The van der Waals surface area contributed by atoms with E-state index >= 15 is 0 Å². The number of nitrogens with zero attached hydrogens (tertiary/aromatic N) is 3. The van der Waals surface area contributed by atoms with Crippen LogP contribution in [0, 0.1) is 18.3 Å². The Hall–Kier alpha value is -1.50. The molecule has 1 aromatic heterocycles. The van der Waals surface area contributed by atoms with Gasteiger partial charge in [-0.3, -0.25) is 0 Å². The van der Waals surface area contributed by atoms with Crippen LogP contribution in [-0.4, -0.2) is 15.9 Å². The first-order chi connectivity index (χ1) is 7.10. The van der Waals surface area contributed by atoms with E-state index in [4.69, 9.17) is 10.00 Å². The van der Waals surface area contributed by atoms with Gasteiger partial charge in [0.1, 0.15) is 11.6 Å². The molecule has 0 radical (unpaired) electrons. The van der Waals surface area contributed by atoms with Crippen LogP contribution in [0.5, 0.6) is 5.88 Å². The van der Waals surface area contributed by atoms with Crippen molar-refractivity contribution in [2.24, 2.45) is 7.05 Å². The second-order valence-electron chi connectivity index (χ2n) is 3.72. The maximum atomic E-state index is 8.97. The third-order valence-corrected chi connectivity index (χ3v) is 2.29. The van der Waals surface area contributed by atoms with Gasteiger partial charge in [0.25, 0.3) is 0 Å². The van der Waals surface area contributed by atoms with Gasteiger partial charge in [-0.05, 0) is 20.3 Å². The van der Waals surface area contributed by atoms with Crippen molar-refractivity contribution in [2.45, 2.75) is 39.7 Å². The molecular formula is C11H17N3O. The van der Waals surface area contributed by atoms with Crippen molar-refractivity contribution >= 4 is 0 Å². The molecule has 0 fully saturated rings. The van der Waals surface area contributed by atoms with Crippen LogP contribution in [0.2, 0.25) is 0 Å². The van der Waals surface area contributed by atoms with Gasteiger partial charge in [0.2, 0.25) is 5.88 Å². The third-order valence-electron chi connectivity index (χ3n) is 2.29. The van der Waals surface area contributed by atoms with Crippen molar-refractivity contribution < 1.29 is 4.74 Å². The van der Waals surface area contributed by atoms with E-state index in [0.717, 1.165) is 18.5 Å². The molecule has 0 aromatic carbocycles. The number of nitriles is 1. The van der Waals surface area contributed by atoms with Crippen molar-refractivity contribution in [1.29, 1.82) is 5.26 Å². The predicted molar refractivity (Wildman–Crippen MR) is 57.7 cm³/mol. The van der Waals surface area contributed by atoms with Crippen LogP contribution in [0.15, 0.2) is 0 Å². The Kier molecular flexibility index (Phi) is 3.73. The molecule has 1 unspecified atom stereocenters. The molecular weight excluding hydrogens is 190 g/mol. The molecule has 0 spiro atoms. The maximum absolute atomic E-state index is 8.97. The standard InChI is InChI=1S/C11H17N3O/c1-5-6-8(2)15-11-10(7-12)9(3)13-14(11)4/h8H,5-6H2,1-4H3. The number of aryl methyl sites for hydroxylation is 2. The van der Waals surface area contributed by atoms with Gasteiger partial charge in [-0.25, -0.2) is 4.68 Å². The fourth-order valence-electron chi connectivity index (χ4n) is 1.56. The van der Waals surface area contributed by atoms with E-state index in [1.54, 1.807) is 11.7 Å². The van der Waals surface area contributed by atoms with Gasteiger partial charge in [-0.1, -0.05) is 13.3 Å². The van der Waals surface area contributed by atoms with Crippen molar-refractivity contribution in [1.82, 2.24) is 9.78 Å². The summed E-state index contributed by atoms with van der Waals surface area (Å²) in [6, 6.07) is 2.12. The van der Waals surface area contributed by atoms with Crippen molar-refractivity contribution in [3.8, 4) is 11.9 Å². The lowest BCUT2D eigenvalue weighted by atomic mass is 10.2. The molecule has 0 N–H and O–H groups in total. The quantitative estimate of drug-likeness (QED) is 0.760. The fraction of sp³-hybridized carbons (Fsp3) is 0.636. The summed E-state index contributed by atoms with van der Waals surface area (Å²) >= 11 is 0. The number of hydrogen-bond acceptors (Lipinski definition) is 3. The zero-order valence-electron chi connectivity index (χ0n) is 9.74. The van der Waals surface area contributed by atoms with Crippen molar-refractivity contribution in [3.05, 3.63) is 11.3 Å². The van der Waals surface area contributed by atoms with Crippen LogP contribution in [0.4, 0.5) is 0 Å². The molecule has 4 heteroatoms. The number of rotatable bonds is 4. The van der Waals surface area contributed by atoms with Crippen LogP contribution in [0.1, 0.15) is 37.9 Å². The van der Waals surface area contributed by atoms with Gasteiger partial charge in [0.15, 0.2) is 0 Å². The van der Waals surface area contributed by atoms with Crippen LogP contribution in [-0.2, 0) is 7.05 Å². The van der Waals surface area contributed by atoms with E-state index in [0.29, 0.717) is 11.4 Å². The van der Waals surface area contributed by atoms with Gasteiger partial charge < -0.3 is 4.74 Å². The minimum Gasteiger partial charge on any atom is -0.474 e. The average molecular weight is 207 g/mol. The third kappa shape index (κ3) is 2.50. The van der Waals surface area contributed by atoms with Crippen LogP contribution in [0.25, 0.3) is 0 Å². The molecule has 1 aromatic rings. The van der Waals surface area contributed by atoms with Gasteiger partial charge >= 0.3 is 0 Å². The molecule has 0 saturated heterocycles. The van der Waals surface area contributed by atoms with E-state index in [9.17, 15) is 0 Å². The Labute approximate surface area is 90.5 Å². The fourth-order valence-corrected chi connectivity index (χ4v) is 1.56. The Balaban J connectivity index is 2.89. The lowest BCUT2D eigenvalue weighted by Gasteiger charge is -2.13. The summed E-state index contributed by atoms with van der Waals surface area (Å²) in [4.78, 5) is 0. The van der Waals surface area contributed by atoms with Crippen LogP contribution in [0.3, 0.4) is 0 Å². The summed E-state index contributed by atoms with van der Waals surface area (Å²) < 4.78 is 7.33. The SMILES string of the molecule is CCCC(C)Oc1c(C#N)c(C)nn1C. The highest BCUT2D eigenvalue weighted by atomic mass is 16.5. The maximum Gasteiger partial charge on any atom is 0.230 e. The van der Waals surface area contributed by atoms with Gasteiger partial charge in [0, 0.05) is 7.05 Å². The Morgan fingerprint density at radius 3 is 2.80 bits per heavy atom. The summed E-state index contributed by atoms with van der Waals surface area (Å²) in [5, 5.41) is 13.1. The lowest BCUT2D eigenvalue weighted by molar-refractivity contribution is 0.192. The summed E-state index contributed by atoms with van der Waals surface area (Å²) in [5.41, 5.74) is 1.26. The Morgan fingerprint density at radius 1 is 1.60 bits per heavy atom. The van der Waals surface area contributed by atoms with Gasteiger partial charge in [0.05, 0.1) is 11.8 Å². The molecule has 82 valence electrons. The average Bonchev–Trinajstić information content (AvgIpc) is 2.42. The molecule has 0 aliphatic carbocycles. The first-order valence-corrected chi connectivity index (χ1v) is 5.20. The largest absolute Gasteiger partial charge is 0.474 e. The molecule has 1 atom stereocenters. The molecule has 1 heterocycles. The van der Waals surface area contributed by atoms with E-state index in [2.05, 4.69) is 18.1 Å². The normalized spacial score (nSPS) is 12.2. The molecule has 0 amide bonds. The summed E-state index contributed by atoms with van der Waals surface area (Å²) in [5.74, 6) is 0.580. The first kappa shape index (κ1) is 11.6. The topological polar surface area (TPSA) is 50.8 Å². The van der Waals surface area contributed by atoms with Crippen LogP contribution < -0.4 is 4.74 Å². The molecule has 15 heavy (non-hydrogen) atoms. The Morgan fingerprint density at radius 2 is 2.27 bits per heavy atom. The zero-order valence-corrected chi connectivity index (χ0v) is 9.74. The summed E-state index contributed by atoms with van der Waals surface area (Å²) in [6.07, 6.45) is 2.17. The second kappa shape index (κ2) is 4.83. The molecule has 0 bridgehead atoms. The highest BCUT2D eigenvalue weighted by molar-refractivity contribution is 5.42. The minimum absolute atomic E-state index is 0.122. The van der Waals surface area contributed by atoms with E-state index in [1.165, 1.54) is 0 Å².